The highest BCUT2D eigenvalue weighted by Crippen LogP contribution is 2.24. The molecule has 0 spiro atoms. The van der Waals surface area contributed by atoms with E-state index in [1.165, 1.54) is 31.2 Å². The lowest BCUT2D eigenvalue weighted by Crippen LogP contribution is -2.46. The van der Waals surface area contributed by atoms with Crippen LogP contribution >= 0.6 is 0 Å². The molecule has 5 heteroatoms. The molecule has 1 fully saturated rings. The van der Waals surface area contributed by atoms with Crippen LogP contribution in [0.4, 0.5) is 0 Å². The third-order valence-corrected chi connectivity index (χ3v) is 5.15. The van der Waals surface area contributed by atoms with Crippen LogP contribution in [0.2, 0.25) is 0 Å². The quantitative estimate of drug-likeness (QED) is 0.614. The molecular weight excluding hydrogens is 312 g/mol. The van der Waals surface area contributed by atoms with Crippen LogP contribution in [-0.4, -0.2) is 51.7 Å². The van der Waals surface area contributed by atoms with Gasteiger partial charge in [-0.05, 0) is 63.4 Å². The molecule has 2 N–H and O–H groups in total. The summed E-state index contributed by atoms with van der Waals surface area (Å²) in [7, 11) is 7.75. The third kappa shape index (κ3) is 5.92. The molecule has 2 rings (SSSR count). The number of benzene rings is 1. The molecular formula is C20H34N4O. The van der Waals surface area contributed by atoms with Crippen LogP contribution in [0, 0.1) is 5.92 Å². The van der Waals surface area contributed by atoms with Crippen LogP contribution in [0.15, 0.2) is 29.3 Å². The van der Waals surface area contributed by atoms with Gasteiger partial charge in [0, 0.05) is 19.6 Å². The van der Waals surface area contributed by atoms with E-state index in [1.54, 1.807) is 7.11 Å². The molecule has 0 aliphatic heterocycles. The Morgan fingerprint density at radius 1 is 1.28 bits per heavy atom. The first-order chi connectivity index (χ1) is 12.0. The minimum atomic E-state index is 0.250. The second kappa shape index (κ2) is 9.66. The number of methoxy groups -OCH3 is 1. The fraction of sp³-hybridized carbons (Fsp3) is 0.650. The minimum Gasteiger partial charge on any atom is -0.497 e. The van der Waals surface area contributed by atoms with E-state index in [1.807, 2.05) is 19.2 Å². The lowest BCUT2D eigenvalue weighted by molar-refractivity contribution is 0.295. The van der Waals surface area contributed by atoms with Crippen LogP contribution < -0.4 is 15.4 Å². The molecule has 5 nitrogen and oxygen atoms in total. The SMILES string of the molecule is CN=C(NCC(c1cccc(OC)c1)N(C)C)NC1CCC(C)CC1. The number of ether oxygens (including phenoxy) is 1. The van der Waals surface area contributed by atoms with Gasteiger partial charge in [-0.15, -0.1) is 0 Å². The standard InChI is InChI=1S/C20H34N4O/c1-15-9-11-17(12-10-15)23-20(21-2)22-14-19(24(3)4)16-7-6-8-18(13-16)25-5/h6-8,13,15,17,19H,9-12,14H2,1-5H3,(H2,21,22,23). The summed E-state index contributed by atoms with van der Waals surface area (Å²) in [5.74, 6) is 2.65. The minimum absolute atomic E-state index is 0.250. The van der Waals surface area contributed by atoms with Crippen LogP contribution in [0.1, 0.15) is 44.2 Å². The summed E-state index contributed by atoms with van der Waals surface area (Å²) in [6.07, 6.45) is 5.07. The molecule has 1 aromatic rings. The van der Waals surface area contributed by atoms with Crippen LogP contribution in [0.5, 0.6) is 5.75 Å². The molecule has 1 aliphatic carbocycles. The topological polar surface area (TPSA) is 48.9 Å². The van der Waals surface area contributed by atoms with Gasteiger partial charge in [0.1, 0.15) is 5.75 Å². The number of likely N-dealkylation sites (N-methyl/N-ethyl adjacent to an activating group) is 1. The summed E-state index contributed by atoms with van der Waals surface area (Å²) in [5, 5.41) is 7.09. The highest BCUT2D eigenvalue weighted by atomic mass is 16.5. The van der Waals surface area contributed by atoms with Crippen molar-refractivity contribution < 1.29 is 4.74 Å². The normalized spacial score (nSPS) is 22.6. The van der Waals surface area contributed by atoms with Gasteiger partial charge in [-0.25, -0.2) is 0 Å². The van der Waals surface area contributed by atoms with E-state index in [-0.39, 0.29) is 6.04 Å². The smallest absolute Gasteiger partial charge is 0.191 e. The Morgan fingerprint density at radius 3 is 2.60 bits per heavy atom. The summed E-state index contributed by atoms with van der Waals surface area (Å²) in [6.45, 7) is 3.14. The van der Waals surface area contributed by atoms with Crippen LogP contribution in [0.25, 0.3) is 0 Å². The Kier molecular flexibility index (Phi) is 7.56. The number of guanidine groups is 1. The van der Waals surface area contributed by atoms with E-state index >= 15 is 0 Å². The van der Waals surface area contributed by atoms with Crippen molar-refractivity contribution in [3.63, 3.8) is 0 Å². The maximum absolute atomic E-state index is 5.37. The van der Waals surface area contributed by atoms with Gasteiger partial charge in [-0.3, -0.25) is 4.99 Å². The molecule has 1 saturated carbocycles. The van der Waals surface area contributed by atoms with Gasteiger partial charge in [0.25, 0.3) is 0 Å². The maximum atomic E-state index is 5.37. The first-order valence-corrected chi connectivity index (χ1v) is 9.31. The zero-order valence-electron chi connectivity index (χ0n) is 16.4. The second-order valence-electron chi connectivity index (χ2n) is 7.31. The third-order valence-electron chi connectivity index (χ3n) is 5.15. The fourth-order valence-electron chi connectivity index (χ4n) is 3.43. The highest BCUT2D eigenvalue weighted by Gasteiger charge is 2.20. The Labute approximate surface area is 152 Å². The number of rotatable bonds is 6. The van der Waals surface area contributed by atoms with E-state index in [4.69, 9.17) is 4.74 Å². The van der Waals surface area contributed by atoms with Crippen molar-refractivity contribution in [1.82, 2.24) is 15.5 Å². The van der Waals surface area contributed by atoms with Gasteiger partial charge >= 0.3 is 0 Å². The average Bonchev–Trinajstić information content (AvgIpc) is 2.62. The van der Waals surface area contributed by atoms with Gasteiger partial charge in [0.05, 0.1) is 13.2 Å². The molecule has 0 bridgehead atoms. The van der Waals surface area contributed by atoms with Gasteiger partial charge in [-0.1, -0.05) is 19.1 Å². The summed E-state index contributed by atoms with van der Waals surface area (Å²) in [5.41, 5.74) is 1.23. The first kappa shape index (κ1) is 19.6. The molecule has 0 saturated heterocycles. The van der Waals surface area contributed by atoms with Gasteiger partial charge in [0.15, 0.2) is 5.96 Å². The molecule has 0 aromatic heterocycles. The Balaban J connectivity index is 1.94. The Bertz CT molecular complexity index is 550. The number of hydrogen-bond donors (Lipinski definition) is 2. The van der Waals surface area contributed by atoms with Crippen LogP contribution in [0.3, 0.4) is 0 Å². The van der Waals surface area contributed by atoms with Crippen LogP contribution in [-0.2, 0) is 0 Å². The highest BCUT2D eigenvalue weighted by molar-refractivity contribution is 5.80. The summed E-state index contributed by atoms with van der Waals surface area (Å²) >= 11 is 0. The molecule has 1 unspecified atom stereocenters. The maximum Gasteiger partial charge on any atom is 0.191 e. The van der Waals surface area contributed by atoms with Crippen molar-refractivity contribution >= 4 is 5.96 Å². The van der Waals surface area contributed by atoms with E-state index in [2.05, 4.69) is 53.7 Å². The average molecular weight is 347 g/mol. The van der Waals surface area contributed by atoms with E-state index in [0.29, 0.717) is 6.04 Å². The molecule has 25 heavy (non-hydrogen) atoms. The molecule has 1 aliphatic rings. The molecule has 1 aromatic carbocycles. The van der Waals surface area contributed by atoms with Gasteiger partial charge in [-0.2, -0.15) is 0 Å². The van der Waals surface area contributed by atoms with E-state index in [0.717, 1.165) is 24.2 Å². The number of nitrogens with one attached hydrogen (secondary N) is 2. The monoisotopic (exact) mass is 346 g/mol. The zero-order chi connectivity index (χ0) is 18.2. The fourth-order valence-corrected chi connectivity index (χ4v) is 3.43. The Hall–Kier alpha value is -1.75. The van der Waals surface area contributed by atoms with Crippen molar-refractivity contribution in [3.05, 3.63) is 29.8 Å². The zero-order valence-corrected chi connectivity index (χ0v) is 16.4. The first-order valence-electron chi connectivity index (χ1n) is 9.31. The predicted octanol–water partition coefficient (Wildman–Crippen LogP) is 3.04. The van der Waals surface area contributed by atoms with Crippen molar-refractivity contribution in [2.75, 3.05) is 34.8 Å². The number of nitrogens with zero attached hydrogens (tertiary/aromatic N) is 2. The lowest BCUT2D eigenvalue weighted by atomic mass is 9.87. The van der Waals surface area contributed by atoms with E-state index in [9.17, 15) is 0 Å². The molecule has 0 amide bonds. The van der Waals surface area contributed by atoms with Crippen molar-refractivity contribution in [3.8, 4) is 5.75 Å². The molecule has 140 valence electrons. The van der Waals surface area contributed by atoms with Gasteiger partial charge in [0.2, 0.25) is 0 Å². The van der Waals surface area contributed by atoms with Crippen molar-refractivity contribution in [2.45, 2.75) is 44.7 Å². The molecule has 1 atom stereocenters. The largest absolute Gasteiger partial charge is 0.497 e. The molecule has 0 heterocycles. The van der Waals surface area contributed by atoms with Crippen molar-refractivity contribution in [2.24, 2.45) is 10.9 Å². The second-order valence-corrected chi connectivity index (χ2v) is 7.31. The molecule has 0 radical (unpaired) electrons. The Morgan fingerprint density at radius 2 is 2.00 bits per heavy atom. The van der Waals surface area contributed by atoms with Gasteiger partial charge < -0.3 is 20.3 Å². The summed E-state index contributed by atoms with van der Waals surface area (Å²) in [6, 6.07) is 9.06. The summed E-state index contributed by atoms with van der Waals surface area (Å²) in [4.78, 5) is 6.63. The number of aliphatic imine (C=N–C) groups is 1. The predicted molar refractivity (Wildman–Crippen MR) is 105 cm³/mol. The van der Waals surface area contributed by atoms with E-state index < -0.39 is 0 Å². The summed E-state index contributed by atoms with van der Waals surface area (Å²) < 4.78 is 5.37. The number of hydrogen-bond acceptors (Lipinski definition) is 3. The lowest BCUT2D eigenvalue weighted by Gasteiger charge is -2.30. The van der Waals surface area contributed by atoms with Crippen molar-refractivity contribution in [1.29, 1.82) is 0 Å².